The van der Waals surface area contributed by atoms with Crippen LogP contribution in [0.5, 0.6) is 0 Å². The number of carbonyl (C=O) groups is 1. The molecule has 1 amide bonds. The zero-order chi connectivity index (χ0) is 36.2. The molecule has 0 spiro atoms. The van der Waals surface area contributed by atoms with Crippen LogP contribution in [0.4, 0.5) is 17.3 Å². The van der Waals surface area contributed by atoms with Crippen molar-refractivity contribution in [3.63, 3.8) is 0 Å². The Morgan fingerprint density at radius 2 is 1.58 bits per heavy atom. The number of hydrogen-bond donors (Lipinski definition) is 2. The number of piperazine rings is 1. The van der Waals surface area contributed by atoms with E-state index in [-0.39, 0.29) is 23.6 Å². The van der Waals surface area contributed by atoms with Crippen LogP contribution in [0.3, 0.4) is 0 Å². The molecule has 11 heteroatoms. The van der Waals surface area contributed by atoms with Crippen LogP contribution in [-0.2, 0) is 4.79 Å². The summed E-state index contributed by atoms with van der Waals surface area (Å²) in [5.41, 5.74) is 8.56. The highest BCUT2D eigenvalue weighted by Crippen LogP contribution is 2.41. The maximum atomic E-state index is 14.1. The summed E-state index contributed by atoms with van der Waals surface area (Å²) in [7, 11) is 3.92. The molecule has 2 N–H and O–H groups in total. The van der Waals surface area contributed by atoms with E-state index >= 15 is 0 Å². The second-order valence-corrected chi connectivity index (χ2v) is 21.2. The van der Waals surface area contributed by atoms with E-state index in [9.17, 15) is 9.59 Å². The fourth-order valence-electron chi connectivity index (χ4n) is 8.23. The average molecular weight is 699 g/mol. The van der Waals surface area contributed by atoms with Gasteiger partial charge in [0.25, 0.3) is 5.56 Å². The summed E-state index contributed by atoms with van der Waals surface area (Å²) < 4.78 is 1.86. The number of fused-ring (bicyclic) bond motifs is 1. The molecule has 50 heavy (non-hydrogen) atoms. The van der Waals surface area contributed by atoms with Crippen LogP contribution >= 0.6 is 0 Å². The summed E-state index contributed by atoms with van der Waals surface area (Å²) in [5, 5.41) is 7.38. The Morgan fingerprint density at radius 1 is 0.960 bits per heavy atom. The Labute approximate surface area is 300 Å². The first-order valence-electron chi connectivity index (χ1n) is 18.5. The van der Waals surface area contributed by atoms with E-state index in [4.69, 9.17) is 9.97 Å². The molecule has 3 heterocycles. The molecule has 1 aliphatic carbocycles. The fraction of sp³-hybridized carbons (Fsp3) is 0.590. The van der Waals surface area contributed by atoms with E-state index in [1.165, 1.54) is 5.69 Å². The first kappa shape index (κ1) is 37.5. The molecular formula is C39H58N8O2Si. The third-order valence-electron chi connectivity index (χ3n) is 11.0. The maximum Gasteiger partial charge on any atom is 0.253 e. The number of rotatable bonds is 10. The number of amides is 1. The van der Waals surface area contributed by atoms with Crippen molar-refractivity contribution in [2.45, 2.75) is 95.9 Å². The van der Waals surface area contributed by atoms with Crippen LogP contribution < -0.4 is 21.1 Å². The molecule has 0 unspecified atom stereocenters. The van der Waals surface area contributed by atoms with Crippen LogP contribution in [0.1, 0.15) is 78.8 Å². The first-order valence-corrected chi connectivity index (χ1v) is 20.7. The minimum Gasteiger partial charge on any atom is -0.369 e. The van der Waals surface area contributed by atoms with E-state index < -0.39 is 8.07 Å². The Morgan fingerprint density at radius 3 is 2.16 bits per heavy atom. The summed E-state index contributed by atoms with van der Waals surface area (Å²) >= 11 is 0. The molecule has 0 radical (unpaired) electrons. The molecule has 2 fully saturated rings. The minimum absolute atomic E-state index is 0.0323. The number of benzene rings is 1. The lowest BCUT2D eigenvalue weighted by Gasteiger charge is -2.38. The number of nitrogens with zero attached hydrogens (tertiary/aromatic N) is 6. The molecule has 3 aromatic rings. The van der Waals surface area contributed by atoms with Gasteiger partial charge in [-0.1, -0.05) is 47.5 Å². The third kappa shape index (κ3) is 8.41. The lowest BCUT2D eigenvalue weighted by molar-refractivity contribution is -0.122. The molecule has 1 saturated heterocycles. The van der Waals surface area contributed by atoms with Crippen LogP contribution in [-0.4, -0.2) is 98.2 Å². The van der Waals surface area contributed by atoms with Crippen molar-refractivity contribution < 1.29 is 4.79 Å². The van der Waals surface area contributed by atoms with Gasteiger partial charge in [0.15, 0.2) is 0 Å². The number of anilines is 3. The van der Waals surface area contributed by atoms with E-state index in [2.05, 4.69) is 105 Å². The standard InChI is InChI=1S/C39H58N8O2Si/c1-27(2)50(28(3)4,29(5)6)23-18-30-24-37(49)47(34-16-12-31(13-17-34)41-36(48)26-44(7)8)38-35(30)25-40-39(43-38)42-32-10-14-33(15-11-32)46-21-19-45(9)20-22-46/h10-11,14-15,24-25,27-29,31,34H,12-13,16-17,19-22,26H2,1-9H3,(H,41,48)(H,40,42,43). The summed E-state index contributed by atoms with van der Waals surface area (Å²) in [4.78, 5) is 43.0. The highest BCUT2D eigenvalue weighted by Gasteiger charge is 2.41. The highest BCUT2D eigenvalue weighted by molar-refractivity contribution is 6.90. The van der Waals surface area contributed by atoms with Gasteiger partial charge in [-0.25, -0.2) is 4.98 Å². The molecule has 1 aliphatic heterocycles. The summed E-state index contributed by atoms with van der Waals surface area (Å²) in [6, 6.07) is 10.2. The third-order valence-corrected chi connectivity index (χ3v) is 17.2. The van der Waals surface area contributed by atoms with Crippen molar-refractivity contribution in [2.24, 2.45) is 0 Å². The van der Waals surface area contributed by atoms with Gasteiger partial charge < -0.3 is 25.3 Å². The van der Waals surface area contributed by atoms with E-state index in [0.717, 1.165) is 62.9 Å². The molecule has 2 aromatic heterocycles. The lowest BCUT2D eigenvalue weighted by Crippen LogP contribution is -2.44. The second-order valence-electron chi connectivity index (χ2n) is 15.6. The maximum absolute atomic E-state index is 14.1. The number of carbonyl (C=O) groups excluding carboxylic acids is 1. The molecule has 2 aliphatic rings. The Hall–Kier alpha value is -3.72. The van der Waals surface area contributed by atoms with Gasteiger partial charge in [0.1, 0.15) is 13.7 Å². The van der Waals surface area contributed by atoms with E-state index in [0.29, 0.717) is 40.3 Å². The zero-order valence-electron chi connectivity index (χ0n) is 31.7. The van der Waals surface area contributed by atoms with Crippen LogP contribution in [0.2, 0.25) is 16.6 Å². The predicted octanol–water partition coefficient (Wildman–Crippen LogP) is 6.02. The average Bonchev–Trinajstić information content (AvgIpc) is 3.05. The highest BCUT2D eigenvalue weighted by atomic mass is 28.3. The molecule has 270 valence electrons. The number of aromatic nitrogens is 3. The zero-order valence-corrected chi connectivity index (χ0v) is 32.7. The molecule has 1 saturated carbocycles. The Bertz CT molecular complexity index is 1720. The summed E-state index contributed by atoms with van der Waals surface area (Å²) in [6.07, 6.45) is 5.00. The minimum atomic E-state index is -2.04. The van der Waals surface area contributed by atoms with Crippen LogP contribution in [0.25, 0.3) is 11.0 Å². The van der Waals surface area contributed by atoms with Crippen molar-refractivity contribution >= 4 is 42.3 Å². The van der Waals surface area contributed by atoms with Gasteiger partial charge in [0.05, 0.1) is 11.9 Å². The van der Waals surface area contributed by atoms with Gasteiger partial charge in [-0.2, -0.15) is 4.98 Å². The van der Waals surface area contributed by atoms with Crippen LogP contribution in [0, 0.1) is 11.5 Å². The fourth-order valence-corrected chi connectivity index (χ4v) is 13.5. The normalized spacial score (nSPS) is 18.9. The summed E-state index contributed by atoms with van der Waals surface area (Å²) in [5.74, 6) is 4.02. The van der Waals surface area contributed by atoms with Gasteiger partial charge >= 0.3 is 0 Å². The van der Waals surface area contributed by atoms with Gasteiger partial charge in [0, 0.05) is 67.5 Å². The second kappa shape index (κ2) is 16.1. The topological polar surface area (TPSA) is 98.6 Å². The monoisotopic (exact) mass is 698 g/mol. The van der Waals surface area contributed by atoms with Crippen molar-refractivity contribution in [2.75, 3.05) is 64.1 Å². The largest absolute Gasteiger partial charge is 0.369 e. The molecule has 5 rings (SSSR count). The first-order chi connectivity index (χ1) is 23.8. The SMILES string of the molecule is CC(C)[Si](C#Cc1cc(=O)n(C2CCC(NC(=O)CN(C)C)CC2)c2nc(Nc3ccc(N4CCN(C)CC4)cc3)ncc12)(C(C)C)C(C)C. The van der Waals surface area contributed by atoms with Crippen molar-refractivity contribution in [1.82, 2.24) is 29.7 Å². The van der Waals surface area contributed by atoms with E-state index in [1.54, 1.807) is 6.07 Å². The summed E-state index contributed by atoms with van der Waals surface area (Å²) in [6.45, 7) is 18.3. The number of hydrogen-bond acceptors (Lipinski definition) is 8. The van der Waals surface area contributed by atoms with Crippen molar-refractivity contribution in [3.05, 3.63) is 52.4 Å². The van der Waals surface area contributed by atoms with Crippen molar-refractivity contribution in [1.29, 1.82) is 0 Å². The predicted molar refractivity (Wildman–Crippen MR) is 209 cm³/mol. The van der Waals surface area contributed by atoms with Gasteiger partial charge in [-0.3, -0.25) is 14.2 Å². The van der Waals surface area contributed by atoms with Crippen molar-refractivity contribution in [3.8, 4) is 11.5 Å². The Kier molecular flexibility index (Phi) is 12.1. The number of nitrogens with one attached hydrogen (secondary N) is 2. The quantitative estimate of drug-likeness (QED) is 0.196. The Balaban J connectivity index is 1.49. The van der Waals surface area contributed by atoms with Gasteiger partial charge in [0.2, 0.25) is 11.9 Å². The van der Waals surface area contributed by atoms with Gasteiger partial charge in [-0.15, -0.1) is 5.54 Å². The smallest absolute Gasteiger partial charge is 0.253 e. The molecule has 0 atom stereocenters. The lowest BCUT2D eigenvalue weighted by atomic mass is 9.90. The molecular weight excluding hydrogens is 641 g/mol. The van der Waals surface area contributed by atoms with Gasteiger partial charge in [-0.05, 0) is 87.7 Å². The molecule has 1 aromatic carbocycles. The number of pyridine rings is 1. The molecule has 10 nitrogen and oxygen atoms in total. The van der Waals surface area contributed by atoms with E-state index in [1.807, 2.05) is 29.8 Å². The molecule has 0 bridgehead atoms. The number of likely N-dealkylation sites (N-methyl/N-ethyl adjacent to an activating group) is 2. The van der Waals surface area contributed by atoms with Crippen LogP contribution in [0.15, 0.2) is 41.3 Å².